The molecule has 2 rings (SSSR count). The lowest BCUT2D eigenvalue weighted by Crippen LogP contribution is -2.22. The van der Waals surface area contributed by atoms with Gasteiger partial charge in [0.2, 0.25) is 0 Å². The predicted octanol–water partition coefficient (Wildman–Crippen LogP) is 3.90. The van der Waals surface area contributed by atoms with Crippen LogP contribution in [0, 0.1) is 13.8 Å². The summed E-state index contributed by atoms with van der Waals surface area (Å²) in [5, 5.41) is 3.08. The molecule has 0 aliphatic rings. The molecule has 2 aromatic rings. The molecule has 0 saturated heterocycles. The predicted molar refractivity (Wildman–Crippen MR) is 104 cm³/mol. The molecule has 7 heteroatoms. The zero-order valence-electron chi connectivity index (χ0n) is 15.9. The molecule has 144 valence electrons. The summed E-state index contributed by atoms with van der Waals surface area (Å²) in [6, 6.07) is 6.99. The molecule has 0 radical (unpaired) electrons. The Morgan fingerprint density at radius 2 is 1.74 bits per heavy atom. The molecule has 1 N–H and O–H groups in total. The van der Waals surface area contributed by atoms with Crippen LogP contribution >= 0.6 is 11.3 Å². The van der Waals surface area contributed by atoms with E-state index in [1.54, 1.807) is 32.0 Å². The fourth-order valence-electron chi connectivity index (χ4n) is 2.61. The van der Waals surface area contributed by atoms with E-state index in [2.05, 4.69) is 5.32 Å². The van der Waals surface area contributed by atoms with Gasteiger partial charge in [0.25, 0.3) is 5.91 Å². The second-order valence-electron chi connectivity index (χ2n) is 5.87. The number of esters is 2. The highest BCUT2D eigenvalue weighted by Gasteiger charge is 2.23. The highest BCUT2D eigenvalue weighted by Crippen LogP contribution is 2.34. The maximum atomic E-state index is 12.2. The summed E-state index contributed by atoms with van der Waals surface area (Å²) in [4.78, 5) is 37.6. The number of rotatable bonds is 7. The lowest BCUT2D eigenvalue weighted by molar-refractivity contribution is -0.119. The number of hydrogen-bond donors (Lipinski definition) is 1. The van der Waals surface area contributed by atoms with Gasteiger partial charge >= 0.3 is 11.9 Å². The van der Waals surface area contributed by atoms with E-state index in [0.29, 0.717) is 16.1 Å². The van der Waals surface area contributed by atoms with E-state index in [9.17, 15) is 14.4 Å². The van der Waals surface area contributed by atoms with Crippen molar-refractivity contribution < 1.29 is 23.9 Å². The van der Waals surface area contributed by atoms with Gasteiger partial charge in [0.05, 0.1) is 17.7 Å². The molecule has 0 spiro atoms. The minimum absolute atomic E-state index is 0.247. The molecule has 1 heterocycles. The Balaban J connectivity index is 2.08. The summed E-state index contributed by atoms with van der Waals surface area (Å²) >= 11 is 1.33. The van der Waals surface area contributed by atoms with Gasteiger partial charge in [0, 0.05) is 4.88 Å². The molecule has 6 nitrogen and oxygen atoms in total. The lowest BCUT2D eigenvalue weighted by Gasteiger charge is -2.09. The maximum Gasteiger partial charge on any atom is 0.341 e. The number of anilines is 1. The monoisotopic (exact) mass is 389 g/mol. The molecule has 0 saturated carbocycles. The van der Waals surface area contributed by atoms with E-state index in [-0.39, 0.29) is 6.61 Å². The zero-order chi connectivity index (χ0) is 20.0. The Kier molecular flexibility index (Phi) is 7.12. The highest BCUT2D eigenvalue weighted by molar-refractivity contribution is 7.17. The number of nitrogens with one attached hydrogen (secondary N) is 1. The van der Waals surface area contributed by atoms with Crippen molar-refractivity contribution in [2.75, 3.05) is 18.5 Å². The van der Waals surface area contributed by atoms with E-state index >= 15 is 0 Å². The fourth-order valence-corrected chi connectivity index (χ4v) is 3.76. The molecule has 0 unspecified atom stereocenters. The number of carbonyl (C=O) groups is 3. The summed E-state index contributed by atoms with van der Waals surface area (Å²) < 4.78 is 10.2. The van der Waals surface area contributed by atoms with Crippen molar-refractivity contribution in [3.63, 3.8) is 0 Å². The number of carbonyl (C=O) groups excluding carboxylic acids is 3. The summed E-state index contributed by atoms with van der Waals surface area (Å²) in [5.41, 5.74) is 2.34. The average Bonchev–Trinajstić information content (AvgIpc) is 2.95. The van der Waals surface area contributed by atoms with Crippen LogP contribution in [0.5, 0.6) is 0 Å². The van der Waals surface area contributed by atoms with E-state index in [0.717, 1.165) is 22.4 Å². The topological polar surface area (TPSA) is 81.7 Å². The molecule has 0 aliphatic heterocycles. The summed E-state index contributed by atoms with van der Waals surface area (Å²) in [5.74, 6) is -1.55. The Labute approximate surface area is 162 Å². The van der Waals surface area contributed by atoms with Gasteiger partial charge < -0.3 is 14.8 Å². The SMILES string of the molecule is CCOC(=O)c1c(NC(=O)COC(=O)c2ccccc2C)sc(CC)c1C. The quantitative estimate of drug-likeness (QED) is 0.726. The first-order valence-electron chi connectivity index (χ1n) is 8.70. The van der Waals surface area contributed by atoms with E-state index < -0.39 is 24.5 Å². The Morgan fingerprint density at radius 1 is 1.04 bits per heavy atom. The molecular weight excluding hydrogens is 366 g/mol. The van der Waals surface area contributed by atoms with Gasteiger partial charge in [-0.25, -0.2) is 9.59 Å². The van der Waals surface area contributed by atoms with Crippen molar-refractivity contribution in [3.05, 3.63) is 51.4 Å². The first-order chi connectivity index (χ1) is 12.9. The van der Waals surface area contributed by atoms with Gasteiger partial charge in [0.15, 0.2) is 6.61 Å². The van der Waals surface area contributed by atoms with Crippen LogP contribution in [0.25, 0.3) is 0 Å². The number of hydrogen-bond acceptors (Lipinski definition) is 6. The lowest BCUT2D eigenvalue weighted by atomic mass is 10.1. The molecule has 0 bridgehead atoms. The fraction of sp³-hybridized carbons (Fsp3) is 0.350. The van der Waals surface area contributed by atoms with E-state index in [4.69, 9.17) is 9.47 Å². The third-order valence-corrected chi connectivity index (χ3v) is 5.35. The van der Waals surface area contributed by atoms with Gasteiger partial charge in [-0.1, -0.05) is 25.1 Å². The van der Waals surface area contributed by atoms with Crippen LogP contribution in [0.15, 0.2) is 24.3 Å². The zero-order valence-corrected chi connectivity index (χ0v) is 16.7. The number of thiophene rings is 1. The number of aryl methyl sites for hydroxylation is 2. The smallest absolute Gasteiger partial charge is 0.341 e. The van der Waals surface area contributed by atoms with Crippen LogP contribution < -0.4 is 5.32 Å². The van der Waals surface area contributed by atoms with Crippen LogP contribution in [0.2, 0.25) is 0 Å². The average molecular weight is 389 g/mol. The standard InChI is InChI=1S/C20H23NO5S/c1-5-15-13(4)17(20(24)25-6-2)18(27-15)21-16(22)11-26-19(23)14-10-8-7-9-12(14)3/h7-10H,5-6,11H2,1-4H3,(H,21,22). The van der Waals surface area contributed by atoms with Crippen molar-refractivity contribution in [2.24, 2.45) is 0 Å². The molecule has 0 atom stereocenters. The number of benzene rings is 1. The van der Waals surface area contributed by atoms with Crippen LogP contribution in [-0.4, -0.2) is 31.1 Å². The molecule has 1 aromatic heterocycles. The van der Waals surface area contributed by atoms with Gasteiger partial charge in [-0.15, -0.1) is 11.3 Å². The van der Waals surface area contributed by atoms with Gasteiger partial charge in [-0.2, -0.15) is 0 Å². The van der Waals surface area contributed by atoms with Crippen molar-refractivity contribution >= 4 is 34.2 Å². The molecular formula is C20H23NO5S. The molecule has 1 amide bonds. The first-order valence-corrected chi connectivity index (χ1v) is 9.52. The first kappa shape index (κ1) is 20.6. The molecule has 0 fully saturated rings. The number of amides is 1. The van der Waals surface area contributed by atoms with Crippen LogP contribution in [0.4, 0.5) is 5.00 Å². The Morgan fingerprint density at radius 3 is 2.37 bits per heavy atom. The third-order valence-electron chi connectivity index (χ3n) is 4.00. The van der Waals surface area contributed by atoms with E-state index in [1.165, 1.54) is 11.3 Å². The summed E-state index contributed by atoms with van der Waals surface area (Å²) in [7, 11) is 0. The van der Waals surface area contributed by atoms with Crippen LogP contribution in [0.3, 0.4) is 0 Å². The van der Waals surface area contributed by atoms with Crippen molar-refractivity contribution in [2.45, 2.75) is 34.1 Å². The van der Waals surface area contributed by atoms with Crippen molar-refractivity contribution in [1.82, 2.24) is 0 Å². The van der Waals surface area contributed by atoms with Crippen molar-refractivity contribution in [1.29, 1.82) is 0 Å². The maximum absolute atomic E-state index is 12.2. The third kappa shape index (κ3) is 4.95. The van der Waals surface area contributed by atoms with Crippen LogP contribution in [0.1, 0.15) is 50.6 Å². The molecule has 1 aromatic carbocycles. The summed E-state index contributed by atoms with van der Waals surface area (Å²) in [6.45, 7) is 7.14. The molecule has 27 heavy (non-hydrogen) atoms. The highest BCUT2D eigenvalue weighted by atomic mass is 32.1. The number of ether oxygens (including phenoxy) is 2. The second kappa shape index (κ2) is 9.32. The normalized spacial score (nSPS) is 10.4. The minimum atomic E-state index is -0.564. The van der Waals surface area contributed by atoms with Gasteiger partial charge in [0.1, 0.15) is 5.00 Å². The van der Waals surface area contributed by atoms with Crippen molar-refractivity contribution in [3.8, 4) is 0 Å². The largest absolute Gasteiger partial charge is 0.462 e. The van der Waals surface area contributed by atoms with Crippen LogP contribution in [-0.2, 0) is 20.7 Å². The Bertz CT molecular complexity index is 856. The summed E-state index contributed by atoms with van der Waals surface area (Å²) in [6.07, 6.45) is 0.737. The van der Waals surface area contributed by atoms with Gasteiger partial charge in [-0.3, -0.25) is 4.79 Å². The second-order valence-corrected chi connectivity index (χ2v) is 6.97. The molecule has 0 aliphatic carbocycles. The van der Waals surface area contributed by atoms with Gasteiger partial charge in [-0.05, 0) is 44.4 Å². The Hall–Kier alpha value is -2.67. The van der Waals surface area contributed by atoms with E-state index in [1.807, 2.05) is 19.9 Å². The minimum Gasteiger partial charge on any atom is -0.462 e.